The van der Waals surface area contributed by atoms with Crippen LogP contribution in [0.5, 0.6) is 5.75 Å². The van der Waals surface area contributed by atoms with Crippen molar-refractivity contribution in [1.82, 2.24) is 10.4 Å². The summed E-state index contributed by atoms with van der Waals surface area (Å²) in [5.41, 5.74) is 4.77. The quantitative estimate of drug-likeness (QED) is 0.444. The number of ether oxygens (including phenoxy) is 1. The average Bonchev–Trinajstić information content (AvgIpc) is 2.83. The highest BCUT2D eigenvalue weighted by atomic mass is 16.5. The van der Waals surface area contributed by atoms with Crippen molar-refractivity contribution in [2.24, 2.45) is 0 Å². The fraction of sp³-hybridized carbons (Fsp3) is 0.269. The summed E-state index contributed by atoms with van der Waals surface area (Å²) in [6, 6.07) is 27.6. The topological polar surface area (TPSA) is 61.8 Å². The molecule has 2 N–H and O–H groups in total. The highest BCUT2D eigenvalue weighted by Crippen LogP contribution is 2.28. The van der Waals surface area contributed by atoms with Gasteiger partial charge < -0.3 is 4.74 Å². The minimum atomic E-state index is -0.568. The predicted molar refractivity (Wildman–Crippen MR) is 120 cm³/mol. The molecule has 1 atom stereocenters. The van der Waals surface area contributed by atoms with E-state index in [0.29, 0.717) is 0 Å². The van der Waals surface area contributed by atoms with E-state index < -0.39 is 11.8 Å². The van der Waals surface area contributed by atoms with Crippen LogP contribution in [0.25, 0.3) is 0 Å². The summed E-state index contributed by atoms with van der Waals surface area (Å²) < 4.78 is 6.20. The molecule has 3 aromatic rings. The van der Waals surface area contributed by atoms with Gasteiger partial charge in [-0.1, -0.05) is 72.8 Å². The first-order chi connectivity index (χ1) is 15.2. The van der Waals surface area contributed by atoms with E-state index in [1.54, 1.807) is 5.48 Å². The predicted octanol–water partition coefficient (Wildman–Crippen LogP) is 4.37. The van der Waals surface area contributed by atoms with Crippen LogP contribution in [0.4, 0.5) is 0 Å². The molecule has 5 heteroatoms. The minimum absolute atomic E-state index is 0.198. The smallest absolute Gasteiger partial charge is 0.255 e. The molecule has 1 unspecified atom stereocenters. The number of nitrogens with zero attached hydrogens (tertiary/aromatic N) is 1. The Morgan fingerprint density at radius 1 is 0.903 bits per heavy atom. The van der Waals surface area contributed by atoms with E-state index in [-0.39, 0.29) is 6.10 Å². The van der Waals surface area contributed by atoms with Crippen molar-refractivity contribution in [3.63, 3.8) is 0 Å². The Balaban J connectivity index is 1.35. The van der Waals surface area contributed by atoms with Gasteiger partial charge in [0.05, 0.1) is 5.92 Å². The van der Waals surface area contributed by atoms with Crippen LogP contribution in [-0.4, -0.2) is 35.2 Å². The molecule has 0 bridgehead atoms. The van der Waals surface area contributed by atoms with Crippen LogP contribution >= 0.6 is 0 Å². The Hall–Kier alpha value is -3.15. The molecule has 1 heterocycles. The SMILES string of the molecule is O=C(NO)C(c1ccccc1)c1ccc(OC2CCN(Cc3ccccc3)CC2)cc1. The van der Waals surface area contributed by atoms with E-state index in [1.165, 1.54) is 5.56 Å². The van der Waals surface area contributed by atoms with Crippen LogP contribution in [0, 0.1) is 0 Å². The zero-order valence-corrected chi connectivity index (χ0v) is 17.5. The first-order valence-electron chi connectivity index (χ1n) is 10.7. The lowest BCUT2D eigenvalue weighted by molar-refractivity contribution is -0.129. The van der Waals surface area contributed by atoms with Crippen molar-refractivity contribution in [2.45, 2.75) is 31.4 Å². The van der Waals surface area contributed by atoms with Crippen LogP contribution in [0.1, 0.15) is 35.4 Å². The highest BCUT2D eigenvalue weighted by molar-refractivity contribution is 5.86. The molecular weight excluding hydrogens is 388 g/mol. The highest BCUT2D eigenvalue weighted by Gasteiger charge is 2.23. The molecule has 1 saturated heterocycles. The van der Waals surface area contributed by atoms with Gasteiger partial charge in [-0.15, -0.1) is 0 Å². The van der Waals surface area contributed by atoms with Gasteiger partial charge >= 0.3 is 0 Å². The number of hydrogen-bond donors (Lipinski definition) is 2. The molecule has 1 fully saturated rings. The fourth-order valence-corrected chi connectivity index (χ4v) is 4.16. The number of amides is 1. The van der Waals surface area contributed by atoms with E-state index >= 15 is 0 Å². The molecular formula is C26H28N2O3. The van der Waals surface area contributed by atoms with Gasteiger partial charge in [0.25, 0.3) is 5.91 Å². The Kier molecular flexibility index (Phi) is 6.97. The number of nitrogens with one attached hydrogen (secondary N) is 1. The maximum Gasteiger partial charge on any atom is 0.255 e. The monoisotopic (exact) mass is 416 g/mol. The fourth-order valence-electron chi connectivity index (χ4n) is 4.16. The van der Waals surface area contributed by atoms with Gasteiger partial charge in [0.1, 0.15) is 11.9 Å². The summed E-state index contributed by atoms with van der Waals surface area (Å²) in [7, 11) is 0. The Bertz CT molecular complexity index is 953. The second-order valence-corrected chi connectivity index (χ2v) is 7.97. The van der Waals surface area contributed by atoms with Crippen molar-refractivity contribution in [3.05, 3.63) is 102 Å². The van der Waals surface area contributed by atoms with E-state index in [0.717, 1.165) is 49.4 Å². The van der Waals surface area contributed by atoms with E-state index in [2.05, 4.69) is 29.2 Å². The number of hydroxylamine groups is 1. The number of carbonyl (C=O) groups is 1. The van der Waals surface area contributed by atoms with Gasteiger partial charge in [-0.05, 0) is 41.7 Å². The third-order valence-corrected chi connectivity index (χ3v) is 5.81. The lowest BCUT2D eigenvalue weighted by atomic mass is 9.90. The maximum absolute atomic E-state index is 12.3. The van der Waals surface area contributed by atoms with Gasteiger partial charge in [0.2, 0.25) is 0 Å². The first kappa shape index (κ1) is 21.1. The Morgan fingerprint density at radius 3 is 2.10 bits per heavy atom. The number of hydrogen-bond acceptors (Lipinski definition) is 4. The van der Waals surface area contributed by atoms with Gasteiger partial charge in [0, 0.05) is 19.6 Å². The molecule has 3 aromatic carbocycles. The number of rotatable bonds is 7. The molecule has 4 rings (SSSR count). The molecule has 1 aliphatic heterocycles. The van der Waals surface area contributed by atoms with Crippen LogP contribution in [-0.2, 0) is 11.3 Å². The Morgan fingerprint density at radius 2 is 1.48 bits per heavy atom. The molecule has 1 amide bonds. The summed E-state index contributed by atoms with van der Waals surface area (Å²) >= 11 is 0. The Labute approximate surface area is 183 Å². The van der Waals surface area contributed by atoms with Gasteiger partial charge in [-0.25, -0.2) is 5.48 Å². The third kappa shape index (κ3) is 5.51. The third-order valence-electron chi connectivity index (χ3n) is 5.81. The number of piperidine rings is 1. The maximum atomic E-state index is 12.3. The summed E-state index contributed by atoms with van der Waals surface area (Å²) in [4.78, 5) is 14.7. The van der Waals surface area contributed by atoms with Crippen molar-refractivity contribution < 1.29 is 14.7 Å². The van der Waals surface area contributed by atoms with Gasteiger partial charge in [-0.3, -0.25) is 14.9 Å². The zero-order valence-electron chi connectivity index (χ0n) is 17.5. The summed E-state index contributed by atoms with van der Waals surface area (Å²) in [6.45, 7) is 3.02. The van der Waals surface area contributed by atoms with Crippen molar-refractivity contribution in [1.29, 1.82) is 0 Å². The van der Waals surface area contributed by atoms with E-state index in [9.17, 15) is 10.0 Å². The largest absolute Gasteiger partial charge is 0.490 e. The second kappa shape index (κ2) is 10.2. The summed E-state index contributed by atoms with van der Waals surface area (Å²) in [5, 5.41) is 9.19. The van der Waals surface area contributed by atoms with Crippen LogP contribution < -0.4 is 10.2 Å². The first-order valence-corrected chi connectivity index (χ1v) is 10.7. The van der Waals surface area contributed by atoms with E-state index in [1.807, 2.05) is 60.7 Å². The van der Waals surface area contributed by atoms with E-state index in [4.69, 9.17) is 4.74 Å². The second-order valence-electron chi connectivity index (χ2n) is 7.97. The van der Waals surface area contributed by atoms with Crippen LogP contribution in [0.15, 0.2) is 84.9 Å². The molecule has 160 valence electrons. The minimum Gasteiger partial charge on any atom is -0.490 e. The number of benzene rings is 3. The molecule has 1 aliphatic rings. The molecule has 5 nitrogen and oxygen atoms in total. The van der Waals surface area contributed by atoms with Crippen LogP contribution in [0.2, 0.25) is 0 Å². The summed E-state index contributed by atoms with van der Waals surface area (Å²) in [5.74, 6) is -0.214. The van der Waals surface area contributed by atoms with Gasteiger partial charge in [0.15, 0.2) is 0 Å². The lowest BCUT2D eigenvalue weighted by Crippen LogP contribution is -2.37. The average molecular weight is 417 g/mol. The molecule has 0 aromatic heterocycles. The molecule has 0 saturated carbocycles. The standard InChI is InChI=1S/C26H28N2O3/c29-26(27-30)25(21-9-5-2-6-10-21)22-11-13-23(14-12-22)31-24-15-17-28(18-16-24)19-20-7-3-1-4-8-20/h1-14,24-25,30H,15-19H2,(H,27,29). The summed E-state index contributed by atoms with van der Waals surface area (Å²) in [6.07, 6.45) is 2.19. The zero-order chi connectivity index (χ0) is 21.5. The van der Waals surface area contributed by atoms with Crippen molar-refractivity contribution in [3.8, 4) is 5.75 Å². The molecule has 0 aliphatic carbocycles. The molecule has 31 heavy (non-hydrogen) atoms. The van der Waals surface area contributed by atoms with Crippen LogP contribution in [0.3, 0.4) is 0 Å². The van der Waals surface area contributed by atoms with Crippen molar-refractivity contribution in [2.75, 3.05) is 13.1 Å². The van der Waals surface area contributed by atoms with Gasteiger partial charge in [-0.2, -0.15) is 0 Å². The normalized spacial score (nSPS) is 15.9. The number of carbonyl (C=O) groups excluding carboxylic acids is 1. The number of likely N-dealkylation sites (tertiary alicyclic amines) is 1. The van der Waals surface area contributed by atoms with Crippen molar-refractivity contribution >= 4 is 5.91 Å². The lowest BCUT2D eigenvalue weighted by Gasteiger charge is -2.32. The molecule has 0 spiro atoms. The molecule has 0 radical (unpaired) electrons.